The number of carbonyl (C=O) groups is 1. The number of imidazole rings is 1. The smallest absolute Gasteiger partial charge is 0.354 e. The van der Waals surface area contributed by atoms with Gasteiger partial charge in [0, 0.05) is 20.1 Å². The number of benzene rings is 1. The summed E-state index contributed by atoms with van der Waals surface area (Å²) in [5.74, 6) is -0.155. The number of ether oxygens (including phenoxy) is 1. The van der Waals surface area contributed by atoms with E-state index in [1.54, 1.807) is 14.2 Å². The highest BCUT2D eigenvalue weighted by molar-refractivity contribution is 5.86. The lowest BCUT2D eigenvalue weighted by Gasteiger charge is -2.06. The summed E-state index contributed by atoms with van der Waals surface area (Å²) in [6.07, 6.45) is 1.51. The second-order valence-electron chi connectivity index (χ2n) is 4.41. The summed E-state index contributed by atoms with van der Waals surface area (Å²) in [6, 6.07) is 7.70. The van der Waals surface area contributed by atoms with Gasteiger partial charge in [0.25, 0.3) is 0 Å². The number of methoxy groups -OCH3 is 1. The molecular weight excluding hydrogens is 258 g/mol. The molecule has 2 N–H and O–H groups in total. The van der Waals surface area contributed by atoms with Crippen molar-refractivity contribution >= 4 is 5.97 Å². The topological polar surface area (TPSA) is 76.4 Å². The predicted molar refractivity (Wildman–Crippen MR) is 73.7 cm³/mol. The summed E-state index contributed by atoms with van der Waals surface area (Å²) in [6.45, 7) is 1.05. The molecule has 1 aromatic heterocycles. The molecule has 0 radical (unpaired) electrons. The number of aromatic carboxylic acids is 1. The van der Waals surface area contributed by atoms with Crippen LogP contribution in [0.3, 0.4) is 0 Å². The number of rotatable bonds is 6. The lowest BCUT2D eigenvalue weighted by Crippen LogP contribution is -2.16. The van der Waals surface area contributed by atoms with Crippen molar-refractivity contribution < 1.29 is 14.6 Å². The highest BCUT2D eigenvalue weighted by Crippen LogP contribution is 2.11. The first-order chi connectivity index (χ1) is 9.61. The molecule has 0 aliphatic heterocycles. The summed E-state index contributed by atoms with van der Waals surface area (Å²) in [5.41, 5.74) is 1.85. The maximum Gasteiger partial charge on any atom is 0.354 e. The van der Waals surface area contributed by atoms with Gasteiger partial charge in [-0.15, -0.1) is 0 Å². The quantitative estimate of drug-likeness (QED) is 0.833. The summed E-state index contributed by atoms with van der Waals surface area (Å²) in [5, 5.41) is 12.3. The molecule has 0 saturated heterocycles. The molecule has 0 bridgehead atoms. The zero-order valence-corrected chi connectivity index (χ0v) is 11.5. The SMILES string of the molecule is COc1ccc(CNCc2ncn(C)c2C(=O)O)cc1. The fraction of sp³-hybridized carbons (Fsp3) is 0.286. The third-order valence-electron chi connectivity index (χ3n) is 3.00. The van der Waals surface area contributed by atoms with Crippen LogP contribution in [0, 0.1) is 0 Å². The Labute approximate surface area is 117 Å². The third-order valence-corrected chi connectivity index (χ3v) is 3.00. The van der Waals surface area contributed by atoms with Gasteiger partial charge in [-0.3, -0.25) is 0 Å². The number of hydrogen-bond donors (Lipinski definition) is 2. The molecule has 2 rings (SSSR count). The van der Waals surface area contributed by atoms with Gasteiger partial charge in [-0.25, -0.2) is 9.78 Å². The molecule has 0 unspecified atom stereocenters. The van der Waals surface area contributed by atoms with Gasteiger partial charge in [0.15, 0.2) is 5.69 Å². The van der Waals surface area contributed by atoms with Gasteiger partial charge in [-0.05, 0) is 17.7 Å². The fourth-order valence-electron chi connectivity index (χ4n) is 1.95. The predicted octanol–water partition coefficient (Wildman–Crippen LogP) is 1.42. The van der Waals surface area contributed by atoms with Gasteiger partial charge in [-0.2, -0.15) is 0 Å². The van der Waals surface area contributed by atoms with E-state index in [0.717, 1.165) is 11.3 Å². The van der Waals surface area contributed by atoms with Crippen molar-refractivity contribution in [2.45, 2.75) is 13.1 Å². The molecular formula is C14H17N3O3. The highest BCUT2D eigenvalue weighted by Gasteiger charge is 2.15. The minimum absolute atomic E-state index is 0.215. The summed E-state index contributed by atoms with van der Waals surface area (Å²) < 4.78 is 6.60. The fourth-order valence-corrected chi connectivity index (χ4v) is 1.95. The Bertz CT molecular complexity index is 590. The van der Waals surface area contributed by atoms with E-state index < -0.39 is 5.97 Å². The largest absolute Gasteiger partial charge is 0.497 e. The van der Waals surface area contributed by atoms with Gasteiger partial charge >= 0.3 is 5.97 Å². The molecule has 1 aromatic carbocycles. The monoisotopic (exact) mass is 275 g/mol. The Balaban J connectivity index is 1.94. The molecule has 0 saturated carbocycles. The standard InChI is InChI=1S/C14H17N3O3/c1-17-9-16-12(13(17)14(18)19)8-15-7-10-3-5-11(20-2)6-4-10/h3-6,9,15H,7-8H2,1-2H3,(H,18,19). The van der Waals surface area contributed by atoms with Crippen LogP contribution >= 0.6 is 0 Å². The van der Waals surface area contributed by atoms with Crippen molar-refractivity contribution in [2.75, 3.05) is 7.11 Å². The molecule has 1 heterocycles. The van der Waals surface area contributed by atoms with Crippen LogP contribution in [-0.4, -0.2) is 27.7 Å². The van der Waals surface area contributed by atoms with Crippen molar-refractivity contribution in [3.8, 4) is 5.75 Å². The second-order valence-corrected chi connectivity index (χ2v) is 4.41. The molecule has 0 atom stereocenters. The number of nitrogens with one attached hydrogen (secondary N) is 1. The van der Waals surface area contributed by atoms with Crippen LogP contribution in [0.15, 0.2) is 30.6 Å². The van der Waals surface area contributed by atoms with E-state index in [1.165, 1.54) is 10.9 Å². The molecule has 0 fully saturated rings. The maximum absolute atomic E-state index is 11.1. The molecule has 0 amide bonds. The van der Waals surface area contributed by atoms with E-state index in [0.29, 0.717) is 18.8 Å². The van der Waals surface area contributed by atoms with E-state index in [1.807, 2.05) is 24.3 Å². The van der Waals surface area contributed by atoms with Crippen LogP contribution in [-0.2, 0) is 20.1 Å². The number of nitrogens with zero attached hydrogens (tertiary/aromatic N) is 2. The lowest BCUT2D eigenvalue weighted by atomic mass is 10.2. The summed E-state index contributed by atoms with van der Waals surface area (Å²) in [7, 11) is 3.30. The van der Waals surface area contributed by atoms with Gasteiger partial charge < -0.3 is 19.7 Å². The van der Waals surface area contributed by atoms with Crippen molar-refractivity contribution in [1.29, 1.82) is 0 Å². The van der Waals surface area contributed by atoms with Crippen LogP contribution in [0.5, 0.6) is 5.75 Å². The summed E-state index contributed by atoms with van der Waals surface area (Å²) in [4.78, 5) is 15.2. The first-order valence-electron chi connectivity index (χ1n) is 6.19. The van der Waals surface area contributed by atoms with Crippen LogP contribution in [0.1, 0.15) is 21.7 Å². The number of carboxylic acids is 1. The van der Waals surface area contributed by atoms with E-state index in [4.69, 9.17) is 9.84 Å². The van der Waals surface area contributed by atoms with Gasteiger partial charge in [0.1, 0.15) is 5.75 Å². The Morgan fingerprint density at radius 2 is 2.05 bits per heavy atom. The van der Waals surface area contributed by atoms with E-state index in [2.05, 4.69) is 10.3 Å². The summed E-state index contributed by atoms with van der Waals surface area (Å²) >= 11 is 0. The van der Waals surface area contributed by atoms with Crippen molar-refractivity contribution in [3.63, 3.8) is 0 Å². The van der Waals surface area contributed by atoms with Crippen LogP contribution in [0.4, 0.5) is 0 Å². The number of hydrogen-bond acceptors (Lipinski definition) is 4. The van der Waals surface area contributed by atoms with E-state index >= 15 is 0 Å². The number of aromatic nitrogens is 2. The van der Waals surface area contributed by atoms with Gasteiger partial charge in [-0.1, -0.05) is 12.1 Å². The average Bonchev–Trinajstić information content (AvgIpc) is 2.81. The van der Waals surface area contributed by atoms with Crippen LogP contribution < -0.4 is 10.1 Å². The minimum Gasteiger partial charge on any atom is -0.497 e. The molecule has 6 heteroatoms. The molecule has 0 aliphatic carbocycles. The molecule has 0 aliphatic rings. The normalized spacial score (nSPS) is 10.5. The van der Waals surface area contributed by atoms with Crippen LogP contribution in [0.2, 0.25) is 0 Å². The molecule has 6 nitrogen and oxygen atoms in total. The third kappa shape index (κ3) is 3.16. The van der Waals surface area contributed by atoms with Gasteiger partial charge in [0.2, 0.25) is 0 Å². The van der Waals surface area contributed by atoms with E-state index in [9.17, 15) is 4.79 Å². The highest BCUT2D eigenvalue weighted by atomic mass is 16.5. The number of carboxylic acid groups (broad SMARTS) is 1. The molecule has 20 heavy (non-hydrogen) atoms. The zero-order valence-electron chi connectivity index (χ0n) is 11.5. The molecule has 0 spiro atoms. The van der Waals surface area contributed by atoms with Gasteiger partial charge in [0.05, 0.1) is 19.1 Å². The Hall–Kier alpha value is -2.34. The minimum atomic E-state index is -0.966. The lowest BCUT2D eigenvalue weighted by molar-refractivity contribution is 0.0685. The van der Waals surface area contributed by atoms with Crippen molar-refractivity contribution in [3.05, 3.63) is 47.5 Å². The van der Waals surface area contributed by atoms with E-state index in [-0.39, 0.29) is 5.69 Å². The maximum atomic E-state index is 11.1. The Kier molecular flexibility index (Phi) is 4.37. The number of aryl methyl sites for hydroxylation is 1. The first kappa shape index (κ1) is 14.1. The average molecular weight is 275 g/mol. The van der Waals surface area contributed by atoms with Crippen molar-refractivity contribution in [1.82, 2.24) is 14.9 Å². The van der Waals surface area contributed by atoms with Crippen LogP contribution in [0.25, 0.3) is 0 Å². The van der Waals surface area contributed by atoms with Crippen molar-refractivity contribution in [2.24, 2.45) is 7.05 Å². The second kappa shape index (κ2) is 6.21. The Morgan fingerprint density at radius 1 is 1.35 bits per heavy atom. The first-order valence-corrected chi connectivity index (χ1v) is 6.19. The Morgan fingerprint density at radius 3 is 2.65 bits per heavy atom. The molecule has 106 valence electrons. The molecule has 2 aromatic rings. The zero-order chi connectivity index (χ0) is 14.5.